The summed E-state index contributed by atoms with van der Waals surface area (Å²) in [6, 6.07) is 9.75. The third-order valence-corrected chi connectivity index (χ3v) is 7.07. The summed E-state index contributed by atoms with van der Waals surface area (Å²) in [5.41, 5.74) is -0.832. The second-order valence-corrected chi connectivity index (χ2v) is 12.8. The van der Waals surface area contributed by atoms with Crippen LogP contribution in [0.1, 0.15) is 83.9 Å². The van der Waals surface area contributed by atoms with Gasteiger partial charge in [-0.2, -0.15) is 4.98 Å². The second-order valence-electron chi connectivity index (χ2n) is 12.8. The van der Waals surface area contributed by atoms with E-state index in [0.29, 0.717) is 47.4 Å². The molecule has 1 aliphatic heterocycles. The minimum atomic E-state index is -1.48. The monoisotopic (exact) mass is 536 g/mol. The molecule has 2 aromatic heterocycles. The van der Waals surface area contributed by atoms with Crippen molar-refractivity contribution in [2.45, 2.75) is 84.5 Å². The van der Waals surface area contributed by atoms with Crippen LogP contribution in [0.2, 0.25) is 0 Å². The van der Waals surface area contributed by atoms with Crippen molar-refractivity contribution < 1.29 is 24.3 Å². The molecule has 0 unspecified atom stereocenters. The van der Waals surface area contributed by atoms with E-state index in [9.17, 15) is 15.0 Å². The average Bonchev–Trinajstić information content (AvgIpc) is 3.27. The number of likely N-dealkylation sites (tertiary alicyclic amines) is 1. The summed E-state index contributed by atoms with van der Waals surface area (Å²) in [7, 11) is 0. The molecule has 1 fully saturated rings. The second kappa shape index (κ2) is 10.0. The molecule has 9 nitrogen and oxygen atoms in total. The van der Waals surface area contributed by atoms with Crippen LogP contribution in [0.4, 0.5) is 4.79 Å². The molecule has 0 radical (unpaired) electrons. The number of aliphatic hydroxyl groups is 2. The van der Waals surface area contributed by atoms with Crippen LogP contribution in [0.15, 0.2) is 47.2 Å². The van der Waals surface area contributed by atoms with Crippen molar-refractivity contribution in [2.75, 3.05) is 13.1 Å². The Morgan fingerprint density at radius 3 is 2.28 bits per heavy atom. The fraction of sp³-hybridized carbons (Fsp3) is 0.533. The van der Waals surface area contributed by atoms with Crippen molar-refractivity contribution in [1.29, 1.82) is 0 Å². The predicted octanol–water partition coefficient (Wildman–Crippen LogP) is 5.06. The zero-order chi connectivity index (χ0) is 28.8. The smallest absolute Gasteiger partial charge is 0.410 e. The quantitative estimate of drug-likeness (QED) is 0.430. The lowest BCUT2D eigenvalue weighted by molar-refractivity contribution is -0.131. The molecule has 4 rings (SSSR count). The van der Waals surface area contributed by atoms with Gasteiger partial charge in [0.25, 0.3) is 0 Å². The maximum atomic E-state index is 12.8. The Bertz CT molecular complexity index is 1310. The normalized spacial score (nSPS) is 17.1. The third-order valence-electron chi connectivity index (χ3n) is 7.07. The lowest BCUT2D eigenvalue weighted by Crippen LogP contribution is -2.66. The summed E-state index contributed by atoms with van der Waals surface area (Å²) in [5.74, 6) is 0.965. The van der Waals surface area contributed by atoms with Crippen LogP contribution >= 0.6 is 0 Å². The largest absolute Gasteiger partial charge is 0.444 e. The predicted molar refractivity (Wildman–Crippen MR) is 147 cm³/mol. The van der Waals surface area contributed by atoms with Gasteiger partial charge >= 0.3 is 6.09 Å². The molecule has 39 heavy (non-hydrogen) atoms. The van der Waals surface area contributed by atoms with Gasteiger partial charge in [-0.1, -0.05) is 50.2 Å². The molecule has 210 valence electrons. The summed E-state index contributed by atoms with van der Waals surface area (Å²) in [4.78, 5) is 23.2. The van der Waals surface area contributed by atoms with Crippen molar-refractivity contribution in [2.24, 2.45) is 5.41 Å². The molecule has 3 aromatic rings. The van der Waals surface area contributed by atoms with Crippen molar-refractivity contribution in [3.63, 3.8) is 0 Å². The van der Waals surface area contributed by atoms with E-state index in [1.807, 2.05) is 58.0 Å². The lowest BCUT2D eigenvalue weighted by Gasteiger charge is -2.56. The Balaban J connectivity index is 1.73. The van der Waals surface area contributed by atoms with E-state index in [2.05, 4.69) is 29.0 Å². The minimum Gasteiger partial charge on any atom is -0.444 e. The van der Waals surface area contributed by atoms with E-state index in [1.165, 1.54) is 0 Å². The number of nitrogens with zero attached hydrogens (tertiary/aromatic N) is 4. The van der Waals surface area contributed by atoms with E-state index < -0.39 is 28.3 Å². The van der Waals surface area contributed by atoms with Crippen LogP contribution in [0.25, 0.3) is 11.4 Å². The van der Waals surface area contributed by atoms with E-state index in [1.54, 1.807) is 31.1 Å². The summed E-state index contributed by atoms with van der Waals surface area (Å²) in [5, 5.41) is 26.8. The molecule has 3 heterocycles. The van der Waals surface area contributed by atoms with Gasteiger partial charge in [-0.3, -0.25) is 4.98 Å². The van der Waals surface area contributed by atoms with Crippen LogP contribution in [0.3, 0.4) is 0 Å². The average molecular weight is 537 g/mol. The van der Waals surface area contributed by atoms with Gasteiger partial charge < -0.3 is 24.4 Å². The maximum absolute atomic E-state index is 12.8. The van der Waals surface area contributed by atoms with Gasteiger partial charge in [-0.15, -0.1) is 0 Å². The van der Waals surface area contributed by atoms with Crippen molar-refractivity contribution in [3.05, 3.63) is 65.3 Å². The van der Waals surface area contributed by atoms with Gasteiger partial charge in [0.2, 0.25) is 11.7 Å². The number of hydrogen-bond donors (Lipinski definition) is 2. The van der Waals surface area contributed by atoms with E-state index in [4.69, 9.17) is 9.26 Å². The van der Waals surface area contributed by atoms with Crippen LogP contribution in [-0.2, 0) is 16.8 Å². The topological polar surface area (TPSA) is 122 Å². The molecule has 0 aliphatic carbocycles. The first-order valence-corrected chi connectivity index (χ1v) is 13.3. The van der Waals surface area contributed by atoms with Crippen molar-refractivity contribution in [3.8, 4) is 11.4 Å². The number of amides is 1. The minimum absolute atomic E-state index is 0.206. The molecule has 2 N–H and O–H groups in total. The SMILES string of the molecule is CC(C)c1ccc([C@](O)(c2cncc(-c3noc(CC(C)(C)O)n3)c2)C2(C)CN(C(=O)OC(C)(C)C)C2)cc1. The fourth-order valence-corrected chi connectivity index (χ4v) is 5.03. The molecule has 0 spiro atoms. The molecule has 0 bridgehead atoms. The number of hydrogen-bond acceptors (Lipinski definition) is 8. The van der Waals surface area contributed by atoms with Crippen LogP contribution in [0, 0.1) is 5.41 Å². The molecule has 1 aliphatic rings. The van der Waals surface area contributed by atoms with Gasteiger partial charge in [-0.25, -0.2) is 4.79 Å². The first-order valence-electron chi connectivity index (χ1n) is 13.3. The molecule has 9 heteroatoms. The summed E-state index contributed by atoms with van der Waals surface area (Å²) >= 11 is 0. The standard InChI is InChI=1S/C30H40N4O5/c1-19(2)20-9-11-22(12-10-20)30(37,29(8)17-34(18-29)26(35)38-27(3,4)5)23-13-21(15-31-16-23)25-32-24(39-33-25)14-28(6,7)36/h9-13,15-16,19,36-37H,14,17-18H2,1-8H3/t30-/m0/s1. The molecular weight excluding hydrogens is 496 g/mol. The van der Waals surface area contributed by atoms with Gasteiger partial charge in [0.1, 0.15) is 11.2 Å². The first-order chi connectivity index (χ1) is 18.0. The van der Waals surface area contributed by atoms with Gasteiger partial charge in [-0.05, 0) is 57.7 Å². The summed E-state index contributed by atoms with van der Waals surface area (Å²) in [6.07, 6.45) is 3.05. The lowest BCUT2D eigenvalue weighted by atomic mass is 9.62. The number of carbonyl (C=O) groups excluding carboxylic acids is 1. The zero-order valence-electron chi connectivity index (χ0n) is 24.1. The molecular formula is C30H40N4O5. The Morgan fingerprint density at radius 1 is 1.08 bits per heavy atom. The van der Waals surface area contributed by atoms with Gasteiger partial charge in [0.05, 0.1) is 12.0 Å². The number of ether oxygens (including phenoxy) is 1. The van der Waals surface area contributed by atoms with Gasteiger partial charge in [0.15, 0.2) is 0 Å². The van der Waals surface area contributed by atoms with E-state index in [-0.39, 0.29) is 6.42 Å². The Morgan fingerprint density at radius 2 is 1.72 bits per heavy atom. The number of aromatic nitrogens is 3. The molecule has 1 amide bonds. The highest BCUT2D eigenvalue weighted by atomic mass is 16.6. The van der Waals surface area contributed by atoms with Crippen LogP contribution < -0.4 is 0 Å². The highest BCUT2D eigenvalue weighted by Crippen LogP contribution is 2.51. The Hall–Kier alpha value is -3.30. The summed E-state index contributed by atoms with van der Waals surface area (Å²) in [6.45, 7) is 15.6. The maximum Gasteiger partial charge on any atom is 0.410 e. The van der Waals surface area contributed by atoms with E-state index >= 15 is 0 Å². The molecule has 1 atom stereocenters. The summed E-state index contributed by atoms with van der Waals surface area (Å²) < 4.78 is 10.9. The first kappa shape index (κ1) is 28.7. The van der Waals surface area contributed by atoms with Crippen molar-refractivity contribution >= 4 is 6.09 Å². The highest BCUT2D eigenvalue weighted by molar-refractivity contribution is 5.70. The van der Waals surface area contributed by atoms with Crippen LogP contribution in [0.5, 0.6) is 0 Å². The molecule has 1 aromatic carbocycles. The fourth-order valence-electron chi connectivity index (χ4n) is 5.03. The van der Waals surface area contributed by atoms with Crippen LogP contribution in [-0.4, -0.2) is 60.6 Å². The number of pyridine rings is 1. The highest BCUT2D eigenvalue weighted by Gasteiger charge is 2.58. The Kier molecular flexibility index (Phi) is 7.38. The van der Waals surface area contributed by atoms with Crippen molar-refractivity contribution in [1.82, 2.24) is 20.0 Å². The third kappa shape index (κ3) is 5.99. The van der Waals surface area contributed by atoms with Gasteiger partial charge in [0, 0.05) is 42.0 Å². The molecule has 0 saturated carbocycles. The Labute approximate surface area is 230 Å². The van der Waals surface area contributed by atoms with E-state index in [0.717, 1.165) is 5.56 Å². The number of rotatable bonds is 7. The number of carbonyl (C=O) groups is 1. The zero-order valence-corrected chi connectivity index (χ0v) is 24.1. The number of benzene rings is 1. The molecule has 1 saturated heterocycles.